The SMILES string of the molecule is CCC1CCN(c2ccccc2CCN)CC1. The Bertz CT molecular complexity index is 341. The first-order chi connectivity index (χ1) is 8.35. The molecule has 0 radical (unpaired) electrons. The lowest BCUT2D eigenvalue weighted by Gasteiger charge is -2.34. The molecule has 1 fully saturated rings. The Morgan fingerprint density at radius 3 is 2.59 bits per heavy atom. The second-order valence-corrected chi connectivity index (χ2v) is 5.01. The quantitative estimate of drug-likeness (QED) is 0.865. The molecule has 0 unspecified atom stereocenters. The van der Waals surface area contributed by atoms with Crippen molar-refractivity contribution in [2.24, 2.45) is 11.7 Å². The van der Waals surface area contributed by atoms with Crippen LogP contribution in [0.1, 0.15) is 31.7 Å². The summed E-state index contributed by atoms with van der Waals surface area (Å²) in [5.74, 6) is 0.938. The van der Waals surface area contributed by atoms with Crippen LogP contribution in [0, 0.1) is 5.92 Å². The highest BCUT2D eigenvalue weighted by molar-refractivity contribution is 5.54. The smallest absolute Gasteiger partial charge is 0.0399 e. The van der Waals surface area contributed by atoms with E-state index in [0.29, 0.717) is 0 Å². The van der Waals surface area contributed by atoms with Crippen molar-refractivity contribution in [3.05, 3.63) is 29.8 Å². The predicted molar refractivity (Wildman–Crippen MR) is 74.4 cm³/mol. The van der Waals surface area contributed by atoms with Gasteiger partial charge in [0.1, 0.15) is 0 Å². The lowest BCUT2D eigenvalue weighted by molar-refractivity contribution is 0.395. The van der Waals surface area contributed by atoms with Crippen molar-refractivity contribution in [1.29, 1.82) is 0 Å². The van der Waals surface area contributed by atoms with Gasteiger partial charge in [-0.2, -0.15) is 0 Å². The van der Waals surface area contributed by atoms with Crippen molar-refractivity contribution in [3.8, 4) is 0 Å². The first kappa shape index (κ1) is 12.4. The third kappa shape index (κ3) is 3.01. The van der Waals surface area contributed by atoms with Crippen molar-refractivity contribution in [1.82, 2.24) is 0 Å². The Kier molecular flexibility index (Phi) is 4.43. The van der Waals surface area contributed by atoms with Crippen LogP contribution in [0.4, 0.5) is 5.69 Å². The van der Waals surface area contributed by atoms with Crippen LogP contribution >= 0.6 is 0 Å². The molecule has 0 atom stereocenters. The number of anilines is 1. The van der Waals surface area contributed by atoms with E-state index in [0.717, 1.165) is 18.9 Å². The van der Waals surface area contributed by atoms with Crippen molar-refractivity contribution in [2.75, 3.05) is 24.5 Å². The molecule has 0 amide bonds. The average molecular weight is 232 g/mol. The molecule has 17 heavy (non-hydrogen) atoms. The van der Waals surface area contributed by atoms with Crippen LogP contribution < -0.4 is 10.6 Å². The van der Waals surface area contributed by atoms with Gasteiger partial charge in [-0.1, -0.05) is 31.5 Å². The number of rotatable bonds is 4. The standard InChI is InChI=1S/C15H24N2/c1-2-13-8-11-17(12-9-13)15-6-4-3-5-14(15)7-10-16/h3-6,13H,2,7-12,16H2,1H3. The molecule has 0 spiro atoms. The fraction of sp³-hybridized carbons (Fsp3) is 0.600. The molecule has 1 heterocycles. The van der Waals surface area contributed by atoms with Crippen LogP contribution in [-0.4, -0.2) is 19.6 Å². The molecule has 94 valence electrons. The minimum Gasteiger partial charge on any atom is -0.371 e. The molecule has 2 nitrogen and oxygen atoms in total. The maximum Gasteiger partial charge on any atom is 0.0399 e. The van der Waals surface area contributed by atoms with Gasteiger partial charge in [0.25, 0.3) is 0 Å². The first-order valence-electron chi connectivity index (χ1n) is 6.88. The van der Waals surface area contributed by atoms with E-state index in [1.165, 1.54) is 43.6 Å². The van der Waals surface area contributed by atoms with E-state index in [4.69, 9.17) is 5.73 Å². The molecule has 2 rings (SSSR count). The molecule has 1 saturated heterocycles. The van der Waals surface area contributed by atoms with Gasteiger partial charge in [-0.3, -0.25) is 0 Å². The monoisotopic (exact) mass is 232 g/mol. The maximum atomic E-state index is 5.68. The van der Waals surface area contributed by atoms with E-state index in [9.17, 15) is 0 Å². The van der Waals surface area contributed by atoms with Gasteiger partial charge in [0.2, 0.25) is 0 Å². The van der Waals surface area contributed by atoms with Gasteiger partial charge >= 0.3 is 0 Å². The number of para-hydroxylation sites is 1. The summed E-state index contributed by atoms with van der Waals surface area (Å²) < 4.78 is 0. The minimum atomic E-state index is 0.739. The number of hydrogen-bond donors (Lipinski definition) is 1. The summed E-state index contributed by atoms with van der Waals surface area (Å²) in [7, 11) is 0. The number of hydrogen-bond acceptors (Lipinski definition) is 2. The molecule has 1 aromatic rings. The topological polar surface area (TPSA) is 29.3 Å². The molecular formula is C15H24N2. The van der Waals surface area contributed by atoms with E-state index in [-0.39, 0.29) is 0 Å². The highest BCUT2D eigenvalue weighted by atomic mass is 15.1. The summed E-state index contributed by atoms with van der Waals surface area (Å²) in [5.41, 5.74) is 8.50. The second kappa shape index (κ2) is 6.06. The fourth-order valence-electron chi connectivity index (χ4n) is 2.77. The normalized spacial score (nSPS) is 17.4. The Hall–Kier alpha value is -1.02. The molecule has 0 saturated carbocycles. The summed E-state index contributed by atoms with van der Waals surface area (Å²) in [4.78, 5) is 2.54. The Morgan fingerprint density at radius 1 is 1.24 bits per heavy atom. The number of benzene rings is 1. The van der Waals surface area contributed by atoms with Crippen molar-refractivity contribution in [2.45, 2.75) is 32.6 Å². The van der Waals surface area contributed by atoms with Crippen molar-refractivity contribution >= 4 is 5.69 Å². The third-order valence-electron chi connectivity index (χ3n) is 3.94. The molecular weight excluding hydrogens is 208 g/mol. The molecule has 1 aliphatic rings. The number of piperidine rings is 1. The van der Waals surface area contributed by atoms with Crippen LogP contribution in [0.15, 0.2) is 24.3 Å². The summed E-state index contributed by atoms with van der Waals surface area (Å²) in [6.07, 6.45) is 5.00. The largest absolute Gasteiger partial charge is 0.371 e. The highest BCUT2D eigenvalue weighted by Gasteiger charge is 2.19. The Balaban J connectivity index is 2.07. The van der Waals surface area contributed by atoms with Crippen molar-refractivity contribution < 1.29 is 0 Å². The van der Waals surface area contributed by atoms with Gasteiger partial charge in [-0.25, -0.2) is 0 Å². The van der Waals surface area contributed by atoms with Crippen molar-refractivity contribution in [3.63, 3.8) is 0 Å². The molecule has 2 heteroatoms. The summed E-state index contributed by atoms with van der Waals surface area (Å²) in [6, 6.07) is 8.72. The van der Waals surface area contributed by atoms with Crippen LogP contribution in [0.25, 0.3) is 0 Å². The number of nitrogens with two attached hydrogens (primary N) is 1. The fourth-order valence-corrected chi connectivity index (χ4v) is 2.77. The second-order valence-electron chi connectivity index (χ2n) is 5.01. The van der Waals surface area contributed by atoms with Gasteiger partial charge in [0, 0.05) is 18.8 Å². The molecule has 2 N–H and O–H groups in total. The lowest BCUT2D eigenvalue weighted by atomic mass is 9.93. The van der Waals surface area contributed by atoms with E-state index in [1.807, 2.05) is 0 Å². The molecule has 0 aromatic heterocycles. The van der Waals surface area contributed by atoms with E-state index in [2.05, 4.69) is 36.1 Å². The van der Waals surface area contributed by atoms with Gasteiger partial charge in [0.05, 0.1) is 0 Å². The zero-order chi connectivity index (χ0) is 12.1. The van der Waals surface area contributed by atoms with Crippen LogP contribution in [0.2, 0.25) is 0 Å². The Morgan fingerprint density at radius 2 is 1.94 bits per heavy atom. The summed E-state index contributed by atoms with van der Waals surface area (Å²) >= 11 is 0. The molecule has 0 aliphatic carbocycles. The summed E-state index contributed by atoms with van der Waals surface area (Å²) in [6.45, 7) is 5.46. The van der Waals surface area contributed by atoms with Gasteiger partial charge in [-0.15, -0.1) is 0 Å². The zero-order valence-electron chi connectivity index (χ0n) is 10.9. The molecule has 1 aromatic carbocycles. The van der Waals surface area contributed by atoms with E-state index >= 15 is 0 Å². The van der Waals surface area contributed by atoms with Crippen LogP contribution in [0.5, 0.6) is 0 Å². The molecule has 0 bridgehead atoms. The van der Waals surface area contributed by atoms with Gasteiger partial charge in [0.15, 0.2) is 0 Å². The molecule has 1 aliphatic heterocycles. The van der Waals surface area contributed by atoms with Gasteiger partial charge in [-0.05, 0) is 43.4 Å². The predicted octanol–water partition coefficient (Wildman–Crippen LogP) is 2.81. The van der Waals surface area contributed by atoms with E-state index in [1.54, 1.807) is 0 Å². The van der Waals surface area contributed by atoms with E-state index < -0.39 is 0 Å². The highest BCUT2D eigenvalue weighted by Crippen LogP contribution is 2.27. The number of nitrogens with zero attached hydrogens (tertiary/aromatic N) is 1. The lowest BCUT2D eigenvalue weighted by Crippen LogP contribution is -2.34. The first-order valence-corrected chi connectivity index (χ1v) is 6.88. The third-order valence-corrected chi connectivity index (χ3v) is 3.94. The van der Waals surface area contributed by atoms with Crippen LogP contribution in [0.3, 0.4) is 0 Å². The minimum absolute atomic E-state index is 0.739. The van der Waals surface area contributed by atoms with Gasteiger partial charge < -0.3 is 10.6 Å². The maximum absolute atomic E-state index is 5.68. The zero-order valence-corrected chi connectivity index (χ0v) is 10.9. The summed E-state index contributed by atoms with van der Waals surface area (Å²) in [5, 5.41) is 0. The Labute approximate surface area is 105 Å². The average Bonchev–Trinajstić information content (AvgIpc) is 2.40. The van der Waals surface area contributed by atoms with Crippen LogP contribution in [-0.2, 0) is 6.42 Å².